The smallest absolute Gasteiger partial charge is 0.389 e. The van der Waals surface area contributed by atoms with Crippen LogP contribution in [-0.4, -0.2) is 45.1 Å². The molecular weight excluding hydrogens is 283 g/mol. The van der Waals surface area contributed by atoms with Crippen molar-refractivity contribution in [3.8, 4) is 0 Å². The van der Waals surface area contributed by atoms with Crippen molar-refractivity contribution < 1.29 is 32.7 Å². The van der Waals surface area contributed by atoms with E-state index < -0.39 is 24.0 Å². The molecule has 0 heterocycles. The van der Waals surface area contributed by atoms with Crippen LogP contribution in [0.2, 0.25) is 0 Å². The highest BCUT2D eigenvalue weighted by molar-refractivity contribution is 8.55. The van der Waals surface area contributed by atoms with Crippen LogP contribution in [0.3, 0.4) is 0 Å². The van der Waals surface area contributed by atoms with E-state index in [1.54, 1.807) is 6.92 Å². The Hall–Kier alpha value is -0.560. The van der Waals surface area contributed by atoms with Crippen molar-refractivity contribution in [1.82, 2.24) is 0 Å². The zero-order chi connectivity index (χ0) is 14.2. The monoisotopic (exact) mass is 300 g/mol. The zero-order valence-electron chi connectivity index (χ0n) is 10.7. The number of rotatable bonds is 8. The van der Waals surface area contributed by atoms with Gasteiger partial charge in [-0.2, -0.15) is 0 Å². The van der Waals surface area contributed by atoms with E-state index in [4.69, 9.17) is 13.8 Å². The highest BCUT2D eigenvalue weighted by atomic mass is 32.7. The molecule has 9 heteroatoms. The summed E-state index contributed by atoms with van der Waals surface area (Å²) < 4.78 is 30.5. The Morgan fingerprint density at radius 2 is 1.78 bits per heavy atom. The van der Waals surface area contributed by atoms with Gasteiger partial charge in [0.2, 0.25) is 0 Å². The van der Waals surface area contributed by atoms with Crippen molar-refractivity contribution in [2.24, 2.45) is 0 Å². The number of methoxy groups -OCH3 is 1. The minimum Gasteiger partial charge on any atom is -0.468 e. The minimum atomic E-state index is -3.47. The predicted molar refractivity (Wildman–Crippen MR) is 66.3 cm³/mol. The van der Waals surface area contributed by atoms with Crippen LogP contribution in [0.5, 0.6) is 0 Å². The summed E-state index contributed by atoms with van der Waals surface area (Å²) >= 11 is 0.615. The number of hydrogen-bond acceptors (Lipinski definition) is 8. The van der Waals surface area contributed by atoms with Crippen LogP contribution in [0.15, 0.2) is 0 Å². The second kappa shape index (κ2) is 8.53. The molecular formula is C9H17O7PS. The molecule has 0 aromatic heterocycles. The van der Waals surface area contributed by atoms with Gasteiger partial charge in [-0.05, 0) is 18.3 Å². The average Bonchev–Trinajstić information content (AvgIpc) is 2.37. The van der Waals surface area contributed by atoms with Crippen LogP contribution in [0.25, 0.3) is 0 Å². The van der Waals surface area contributed by atoms with Crippen LogP contribution < -0.4 is 0 Å². The third kappa shape index (κ3) is 5.86. The summed E-state index contributed by atoms with van der Waals surface area (Å²) in [4.78, 5) is 22.8. The van der Waals surface area contributed by atoms with Crippen LogP contribution in [-0.2, 0) is 32.7 Å². The van der Waals surface area contributed by atoms with E-state index in [-0.39, 0.29) is 13.0 Å². The van der Waals surface area contributed by atoms with E-state index in [1.165, 1.54) is 21.3 Å². The predicted octanol–water partition coefficient (Wildman–Crippen LogP) is 1.62. The summed E-state index contributed by atoms with van der Waals surface area (Å²) in [6, 6.07) is 0. The summed E-state index contributed by atoms with van der Waals surface area (Å²) in [5.41, 5.74) is 0. The summed E-state index contributed by atoms with van der Waals surface area (Å²) in [6.07, 6.45) is -0.262. The molecule has 18 heavy (non-hydrogen) atoms. The Balaban J connectivity index is 4.74. The molecule has 0 saturated heterocycles. The molecule has 0 saturated carbocycles. The number of esters is 2. The maximum atomic E-state index is 11.9. The van der Waals surface area contributed by atoms with Crippen molar-refractivity contribution in [3.63, 3.8) is 0 Å². The van der Waals surface area contributed by atoms with Gasteiger partial charge in [0.15, 0.2) is 0 Å². The van der Waals surface area contributed by atoms with Gasteiger partial charge in [-0.25, -0.2) is 4.57 Å². The molecule has 0 rings (SSSR count). The summed E-state index contributed by atoms with van der Waals surface area (Å²) in [5, 5.41) is -1.00. The standard InChI is InChI=1S/C9H17O7PS/c1-5-16-8(10)6-7(9(11)13-2)18-17(12,14-3)15-4/h7H,5-6H2,1-4H3. The van der Waals surface area contributed by atoms with E-state index in [9.17, 15) is 14.2 Å². The van der Waals surface area contributed by atoms with E-state index in [2.05, 4.69) is 4.74 Å². The molecule has 0 aromatic rings. The second-order valence-electron chi connectivity index (χ2n) is 2.94. The lowest BCUT2D eigenvalue weighted by atomic mass is 10.3. The number of hydrogen-bond donors (Lipinski definition) is 0. The van der Waals surface area contributed by atoms with Gasteiger partial charge in [-0.1, -0.05) is 0 Å². The minimum absolute atomic E-state index is 0.198. The van der Waals surface area contributed by atoms with Gasteiger partial charge in [0.05, 0.1) is 20.1 Å². The molecule has 0 bridgehead atoms. The van der Waals surface area contributed by atoms with Gasteiger partial charge in [0.25, 0.3) is 0 Å². The van der Waals surface area contributed by atoms with Crippen LogP contribution in [0.1, 0.15) is 13.3 Å². The first-order valence-corrected chi connectivity index (χ1v) is 8.08. The van der Waals surface area contributed by atoms with Gasteiger partial charge in [0.1, 0.15) is 5.25 Å². The zero-order valence-corrected chi connectivity index (χ0v) is 12.4. The van der Waals surface area contributed by atoms with Crippen molar-refractivity contribution in [2.75, 3.05) is 27.9 Å². The van der Waals surface area contributed by atoms with Crippen molar-refractivity contribution in [3.05, 3.63) is 0 Å². The van der Waals surface area contributed by atoms with E-state index >= 15 is 0 Å². The first kappa shape index (κ1) is 17.4. The first-order valence-electron chi connectivity index (χ1n) is 5.05. The largest absolute Gasteiger partial charge is 0.468 e. The topological polar surface area (TPSA) is 88.1 Å². The lowest BCUT2D eigenvalue weighted by Gasteiger charge is -2.18. The second-order valence-corrected chi connectivity index (χ2v) is 7.32. The maximum Gasteiger partial charge on any atom is 0.389 e. The third-order valence-electron chi connectivity index (χ3n) is 1.83. The van der Waals surface area contributed by atoms with Crippen LogP contribution in [0.4, 0.5) is 0 Å². The van der Waals surface area contributed by atoms with E-state index in [1.807, 2.05) is 0 Å². The van der Waals surface area contributed by atoms with Crippen molar-refractivity contribution in [2.45, 2.75) is 18.6 Å². The van der Waals surface area contributed by atoms with Gasteiger partial charge in [-0.3, -0.25) is 9.59 Å². The molecule has 7 nitrogen and oxygen atoms in total. The van der Waals surface area contributed by atoms with Gasteiger partial charge < -0.3 is 18.5 Å². The number of carbonyl (C=O) groups is 2. The molecule has 0 radical (unpaired) electrons. The molecule has 0 spiro atoms. The Labute approximate surface area is 110 Å². The van der Waals surface area contributed by atoms with Gasteiger partial charge in [-0.15, -0.1) is 0 Å². The molecule has 1 unspecified atom stereocenters. The molecule has 0 N–H and O–H groups in total. The van der Waals surface area contributed by atoms with Crippen LogP contribution >= 0.6 is 18.2 Å². The Morgan fingerprint density at radius 1 is 1.22 bits per heavy atom. The first-order chi connectivity index (χ1) is 8.42. The highest BCUT2D eigenvalue weighted by Crippen LogP contribution is 2.61. The summed E-state index contributed by atoms with van der Waals surface area (Å²) in [6.45, 7) is -1.63. The Kier molecular flexibility index (Phi) is 8.26. The maximum absolute atomic E-state index is 11.9. The summed E-state index contributed by atoms with van der Waals surface area (Å²) in [5.74, 6) is -1.28. The summed E-state index contributed by atoms with van der Waals surface area (Å²) in [7, 11) is 3.55. The van der Waals surface area contributed by atoms with E-state index in [0.717, 1.165) is 0 Å². The fraction of sp³-hybridized carbons (Fsp3) is 0.778. The molecule has 0 aromatic carbocycles. The Bertz CT molecular complexity index is 325. The van der Waals surface area contributed by atoms with Crippen LogP contribution in [0, 0.1) is 0 Å². The fourth-order valence-electron chi connectivity index (χ4n) is 0.983. The molecule has 0 aliphatic carbocycles. The number of carbonyl (C=O) groups excluding carboxylic acids is 2. The molecule has 0 aliphatic rings. The molecule has 0 amide bonds. The lowest BCUT2D eigenvalue weighted by molar-refractivity contribution is -0.148. The normalized spacial score (nSPS) is 12.9. The molecule has 106 valence electrons. The SMILES string of the molecule is CCOC(=O)CC(SP(=O)(OC)OC)C(=O)OC. The fourth-order valence-corrected chi connectivity index (χ4v) is 3.94. The highest BCUT2D eigenvalue weighted by Gasteiger charge is 2.34. The third-order valence-corrected chi connectivity index (χ3v) is 6.02. The van der Waals surface area contributed by atoms with Gasteiger partial charge >= 0.3 is 18.7 Å². The number of ether oxygens (including phenoxy) is 2. The van der Waals surface area contributed by atoms with Crippen molar-refractivity contribution >= 4 is 30.1 Å². The lowest BCUT2D eigenvalue weighted by Crippen LogP contribution is -2.23. The van der Waals surface area contributed by atoms with Crippen molar-refractivity contribution in [1.29, 1.82) is 0 Å². The quantitative estimate of drug-likeness (QED) is 0.493. The van der Waals surface area contributed by atoms with Gasteiger partial charge in [0, 0.05) is 14.2 Å². The average molecular weight is 300 g/mol. The van der Waals surface area contributed by atoms with E-state index in [0.29, 0.717) is 11.4 Å². The molecule has 0 aliphatic heterocycles. The molecule has 1 atom stereocenters. The Morgan fingerprint density at radius 3 is 2.17 bits per heavy atom. The molecule has 0 fully saturated rings.